The fraction of sp³-hybridized carbons (Fsp3) is 0.286. The van der Waals surface area contributed by atoms with Crippen molar-refractivity contribution in [2.75, 3.05) is 5.32 Å². The van der Waals surface area contributed by atoms with Crippen molar-refractivity contribution >= 4 is 11.6 Å². The van der Waals surface area contributed by atoms with Gasteiger partial charge in [0.2, 0.25) is 11.8 Å². The number of benzene rings is 1. The smallest absolute Gasteiger partial charge is 0.256 e. The number of aromatic hydroxyl groups is 1. The largest absolute Gasteiger partial charge is 0.493 e. The van der Waals surface area contributed by atoms with Crippen LogP contribution in [0.5, 0.6) is 5.88 Å². The zero-order valence-electron chi connectivity index (χ0n) is 10.8. The third-order valence-corrected chi connectivity index (χ3v) is 2.76. The summed E-state index contributed by atoms with van der Waals surface area (Å²) >= 11 is 0. The molecule has 5 nitrogen and oxygen atoms in total. The highest BCUT2D eigenvalue weighted by Crippen LogP contribution is 2.15. The molecule has 0 saturated heterocycles. The fourth-order valence-electron chi connectivity index (χ4n) is 1.78. The van der Waals surface area contributed by atoms with E-state index in [0.29, 0.717) is 0 Å². The molecule has 1 aromatic heterocycles. The van der Waals surface area contributed by atoms with Gasteiger partial charge in [-0.1, -0.05) is 25.5 Å². The van der Waals surface area contributed by atoms with Crippen LogP contribution >= 0.6 is 0 Å². The minimum Gasteiger partial charge on any atom is -0.493 e. The van der Waals surface area contributed by atoms with Gasteiger partial charge in [0.1, 0.15) is 0 Å². The lowest BCUT2D eigenvalue weighted by Gasteiger charge is -2.06. The molecule has 0 unspecified atom stereocenters. The standard InChI is InChI=1S/C14H17N3O2/c1-2-3-4-10-5-7-11(8-6-10)15-14-16-12(18)9-13(19)17-14/h5-9H,2-4H2,1H3,(H3,15,16,17,18,19). The fourth-order valence-corrected chi connectivity index (χ4v) is 1.78. The first-order valence-corrected chi connectivity index (χ1v) is 6.33. The predicted octanol–water partition coefficient (Wildman–Crippen LogP) is 2.56. The first-order valence-electron chi connectivity index (χ1n) is 6.33. The highest BCUT2D eigenvalue weighted by Gasteiger charge is 2.00. The zero-order chi connectivity index (χ0) is 13.7. The van der Waals surface area contributed by atoms with E-state index < -0.39 is 5.56 Å². The second-order valence-corrected chi connectivity index (χ2v) is 4.38. The summed E-state index contributed by atoms with van der Waals surface area (Å²) in [7, 11) is 0. The Balaban J connectivity index is 2.08. The number of hydrogen-bond donors (Lipinski definition) is 3. The average Bonchev–Trinajstić information content (AvgIpc) is 2.37. The zero-order valence-corrected chi connectivity index (χ0v) is 10.8. The third kappa shape index (κ3) is 3.84. The van der Waals surface area contributed by atoms with Crippen molar-refractivity contribution in [3.05, 3.63) is 46.2 Å². The van der Waals surface area contributed by atoms with Crippen LogP contribution < -0.4 is 10.9 Å². The van der Waals surface area contributed by atoms with Crippen LogP contribution in [0.1, 0.15) is 25.3 Å². The molecule has 5 heteroatoms. The molecule has 3 N–H and O–H groups in total. The van der Waals surface area contributed by atoms with Crippen molar-refractivity contribution in [3.8, 4) is 5.88 Å². The van der Waals surface area contributed by atoms with Crippen LogP contribution in [-0.4, -0.2) is 15.1 Å². The van der Waals surface area contributed by atoms with Gasteiger partial charge in [0, 0.05) is 5.69 Å². The van der Waals surface area contributed by atoms with Crippen LogP contribution in [0.15, 0.2) is 35.1 Å². The van der Waals surface area contributed by atoms with Gasteiger partial charge < -0.3 is 10.4 Å². The molecule has 0 aliphatic rings. The Morgan fingerprint density at radius 2 is 2.05 bits per heavy atom. The maximum Gasteiger partial charge on any atom is 0.256 e. The van der Waals surface area contributed by atoms with Crippen molar-refractivity contribution in [1.29, 1.82) is 0 Å². The number of H-pyrrole nitrogens is 1. The molecule has 19 heavy (non-hydrogen) atoms. The number of nitrogens with zero attached hydrogens (tertiary/aromatic N) is 1. The summed E-state index contributed by atoms with van der Waals surface area (Å²) in [5, 5.41) is 12.2. The van der Waals surface area contributed by atoms with E-state index in [1.165, 1.54) is 18.4 Å². The van der Waals surface area contributed by atoms with Crippen LogP contribution in [0.3, 0.4) is 0 Å². The number of nitrogens with one attached hydrogen (secondary N) is 2. The first-order chi connectivity index (χ1) is 9.17. The van der Waals surface area contributed by atoms with Crippen LogP contribution in [0.25, 0.3) is 0 Å². The van der Waals surface area contributed by atoms with E-state index in [0.717, 1.165) is 18.2 Å². The Labute approximate surface area is 111 Å². The molecule has 2 rings (SSSR count). The van der Waals surface area contributed by atoms with Gasteiger partial charge in [0.25, 0.3) is 5.56 Å². The quantitative estimate of drug-likeness (QED) is 0.771. The third-order valence-electron chi connectivity index (χ3n) is 2.76. The van der Waals surface area contributed by atoms with E-state index in [1.54, 1.807) is 0 Å². The average molecular weight is 259 g/mol. The van der Waals surface area contributed by atoms with Gasteiger partial charge in [-0.25, -0.2) is 0 Å². The Bertz CT molecular complexity index is 590. The Morgan fingerprint density at radius 1 is 1.32 bits per heavy atom. The molecule has 0 aliphatic carbocycles. The Morgan fingerprint density at radius 3 is 2.68 bits per heavy atom. The predicted molar refractivity (Wildman–Crippen MR) is 74.9 cm³/mol. The number of rotatable bonds is 5. The minimum atomic E-state index is -0.394. The minimum absolute atomic E-state index is 0.228. The Kier molecular flexibility index (Phi) is 4.18. The van der Waals surface area contributed by atoms with E-state index in [2.05, 4.69) is 22.2 Å². The normalized spacial score (nSPS) is 10.4. The molecule has 0 bridgehead atoms. The van der Waals surface area contributed by atoms with Gasteiger partial charge in [-0.05, 0) is 30.5 Å². The highest BCUT2D eigenvalue weighted by molar-refractivity contribution is 5.53. The lowest BCUT2D eigenvalue weighted by molar-refractivity contribution is 0.452. The molecule has 100 valence electrons. The van der Waals surface area contributed by atoms with Crippen LogP contribution in [0.4, 0.5) is 11.6 Å². The Hall–Kier alpha value is -2.30. The molecule has 0 spiro atoms. The first kappa shape index (κ1) is 13.1. The molecule has 1 aromatic carbocycles. The van der Waals surface area contributed by atoms with Gasteiger partial charge in [-0.2, -0.15) is 4.98 Å². The molecule has 2 aromatic rings. The molecule has 0 amide bonds. The summed E-state index contributed by atoms with van der Waals surface area (Å²) in [5.41, 5.74) is 1.70. The SMILES string of the molecule is CCCCc1ccc(Nc2nc(O)cc(=O)[nH]2)cc1. The van der Waals surface area contributed by atoms with E-state index in [9.17, 15) is 9.90 Å². The van der Waals surface area contributed by atoms with E-state index in [1.807, 2.05) is 24.3 Å². The van der Waals surface area contributed by atoms with Crippen molar-refractivity contribution in [2.24, 2.45) is 0 Å². The molecule has 0 fully saturated rings. The van der Waals surface area contributed by atoms with Crippen molar-refractivity contribution < 1.29 is 5.11 Å². The summed E-state index contributed by atoms with van der Waals surface area (Å²) < 4.78 is 0. The molecule has 0 aliphatic heterocycles. The van der Waals surface area contributed by atoms with Gasteiger partial charge in [0.05, 0.1) is 6.07 Å². The number of hydrogen-bond acceptors (Lipinski definition) is 4. The summed E-state index contributed by atoms with van der Waals surface area (Å²) in [4.78, 5) is 17.5. The maximum absolute atomic E-state index is 11.2. The van der Waals surface area contributed by atoms with E-state index in [-0.39, 0.29) is 11.8 Å². The van der Waals surface area contributed by atoms with Crippen molar-refractivity contribution in [1.82, 2.24) is 9.97 Å². The van der Waals surface area contributed by atoms with Gasteiger partial charge in [0.15, 0.2) is 0 Å². The molecule has 1 heterocycles. The number of aromatic amines is 1. The molecule has 0 saturated carbocycles. The molecule has 0 radical (unpaired) electrons. The van der Waals surface area contributed by atoms with Crippen molar-refractivity contribution in [3.63, 3.8) is 0 Å². The molecular formula is C14H17N3O2. The topological polar surface area (TPSA) is 78.0 Å². The summed E-state index contributed by atoms with van der Waals surface area (Å²) in [5.74, 6) is -0.0721. The highest BCUT2D eigenvalue weighted by atomic mass is 16.3. The number of anilines is 2. The number of unbranched alkanes of at least 4 members (excludes halogenated alkanes) is 1. The monoisotopic (exact) mass is 259 g/mol. The second-order valence-electron chi connectivity index (χ2n) is 4.38. The van der Waals surface area contributed by atoms with Crippen LogP contribution in [0, 0.1) is 0 Å². The van der Waals surface area contributed by atoms with E-state index in [4.69, 9.17) is 0 Å². The van der Waals surface area contributed by atoms with Gasteiger partial charge in [-0.15, -0.1) is 0 Å². The number of aromatic nitrogens is 2. The molecular weight excluding hydrogens is 242 g/mol. The molecule has 0 atom stereocenters. The van der Waals surface area contributed by atoms with Gasteiger partial charge >= 0.3 is 0 Å². The van der Waals surface area contributed by atoms with E-state index >= 15 is 0 Å². The van der Waals surface area contributed by atoms with Crippen molar-refractivity contribution in [2.45, 2.75) is 26.2 Å². The van der Waals surface area contributed by atoms with Crippen LogP contribution in [0.2, 0.25) is 0 Å². The maximum atomic E-state index is 11.2. The second kappa shape index (κ2) is 6.04. The number of aryl methyl sites for hydroxylation is 1. The summed E-state index contributed by atoms with van der Waals surface area (Å²) in [6.07, 6.45) is 3.42. The summed E-state index contributed by atoms with van der Waals surface area (Å²) in [6.45, 7) is 2.17. The lowest BCUT2D eigenvalue weighted by Crippen LogP contribution is -2.08. The summed E-state index contributed by atoms with van der Waals surface area (Å²) in [6, 6.07) is 8.96. The van der Waals surface area contributed by atoms with Gasteiger partial charge in [-0.3, -0.25) is 9.78 Å². The lowest BCUT2D eigenvalue weighted by atomic mass is 10.1. The van der Waals surface area contributed by atoms with Crippen LogP contribution in [-0.2, 0) is 6.42 Å².